The van der Waals surface area contributed by atoms with E-state index < -0.39 is 12.1 Å². The Morgan fingerprint density at radius 3 is 2.57 bits per heavy atom. The first-order valence-corrected chi connectivity index (χ1v) is 8.06. The zero-order valence-corrected chi connectivity index (χ0v) is 13.5. The quantitative estimate of drug-likeness (QED) is 0.815. The molecule has 0 spiro atoms. The topological polar surface area (TPSA) is 59.8 Å². The molecule has 1 fully saturated rings. The summed E-state index contributed by atoms with van der Waals surface area (Å²) in [5, 5.41) is 0.884. The van der Waals surface area contributed by atoms with Crippen LogP contribution in [-0.2, 0) is 9.53 Å². The van der Waals surface area contributed by atoms with Gasteiger partial charge in [0.15, 0.2) is 6.10 Å². The summed E-state index contributed by atoms with van der Waals surface area (Å²) in [5.74, 6) is -0.548. The number of furan rings is 1. The molecule has 5 nitrogen and oxygen atoms in total. The molecule has 0 N–H and O–H groups in total. The number of esters is 1. The van der Waals surface area contributed by atoms with Crippen LogP contribution in [0.3, 0.4) is 0 Å². The van der Waals surface area contributed by atoms with Crippen LogP contribution >= 0.6 is 0 Å². The third kappa shape index (κ3) is 3.09. The molecule has 0 saturated carbocycles. The number of rotatable bonds is 3. The maximum absolute atomic E-state index is 12.3. The molecule has 1 atom stereocenters. The molecule has 23 heavy (non-hydrogen) atoms. The average molecular weight is 315 g/mol. The smallest absolute Gasteiger partial charge is 0.375 e. The van der Waals surface area contributed by atoms with Gasteiger partial charge in [-0.15, -0.1) is 0 Å². The van der Waals surface area contributed by atoms with Gasteiger partial charge < -0.3 is 14.1 Å². The van der Waals surface area contributed by atoms with Gasteiger partial charge in [-0.25, -0.2) is 4.79 Å². The molecule has 1 aliphatic heterocycles. The van der Waals surface area contributed by atoms with Gasteiger partial charge in [0.05, 0.1) is 0 Å². The Kier molecular flexibility index (Phi) is 4.37. The fourth-order valence-corrected chi connectivity index (χ4v) is 3.00. The van der Waals surface area contributed by atoms with Crippen molar-refractivity contribution in [1.82, 2.24) is 4.90 Å². The van der Waals surface area contributed by atoms with E-state index in [-0.39, 0.29) is 11.7 Å². The lowest BCUT2D eigenvalue weighted by Crippen LogP contribution is -2.42. The second-order valence-electron chi connectivity index (χ2n) is 5.99. The van der Waals surface area contributed by atoms with E-state index in [0.717, 1.165) is 43.3 Å². The Balaban J connectivity index is 1.72. The predicted molar refractivity (Wildman–Crippen MR) is 86.3 cm³/mol. The number of aryl methyl sites for hydroxylation is 1. The molecule has 1 aromatic heterocycles. The van der Waals surface area contributed by atoms with E-state index >= 15 is 0 Å². The summed E-state index contributed by atoms with van der Waals surface area (Å²) in [4.78, 5) is 26.5. The summed E-state index contributed by atoms with van der Waals surface area (Å²) >= 11 is 0. The minimum Gasteiger partial charge on any atom is -0.449 e. The molecule has 0 unspecified atom stereocenters. The van der Waals surface area contributed by atoms with Crippen LogP contribution in [0, 0.1) is 6.92 Å². The van der Waals surface area contributed by atoms with Gasteiger partial charge in [-0.2, -0.15) is 0 Å². The van der Waals surface area contributed by atoms with Crippen LogP contribution in [0.2, 0.25) is 0 Å². The van der Waals surface area contributed by atoms with Gasteiger partial charge in [0.2, 0.25) is 5.76 Å². The number of fused-ring (bicyclic) bond motifs is 1. The first-order valence-electron chi connectivity index (χ1n) is 8.06. The van der Waals surface area contributed by atoms with E-state index in [1.165, 1.54) is 0 Å². The van der Waals surface area contributed by atoms with Crippen molar-refractivity contribution >= 4 is 22.8 Å². The highest BCUT2D eigenvalue weighted by Crippen LogP contribution is 2.25. The molecule has 0 radical (unpaired) electrons. The lowest BCUT2D eigenvalue weighted by atomic mass is 10.1. The average Bonchev–Trinajstić information content (AvgIpc) is 2.92. The van der Waals surface area contributed by atoms with Gasteiger partial charge in [0.25, 0.3) is 5.91 Å². The van der Waals surface area contributed by atoms with Gasteiger partial charge in [0.1, 0.15) is 5.58 Å². The van der Waals surface area contributed by atoms with Gasteiger partial charge in [-0.3, -0.25) is 4.79 Å². The fourth-order valence-electron chi connectivity index (χ4n) is 3.00. The molecular weight excluding hydrogens is 294 g/mol. The van der Waals surface area contributed by atoms with Crippen molar-refractivity contribution < 1.29 is 18.7 Å². The summed E-state index contributed by atoms with van der Waals surface area (Å²) in [5.41, 5.74) is 1.38. The van der Waals surface area contributed by atoms with Crippen molar-refractivity contribution in [2.45, 2.75) is 39.2 Å². The molecule has 3 rings (SSSR count). The molecule has 1 aliphatic rings. The van der Waals surface area contributed by atoms with Gasteiger partial charge >= 0.3 is 5.97 Å². The van der Waals surface area contributed by atoms with E-state index in [0.29, 0.717) is 5.58 Å². The first kappa shape index (κ1) is 15.6. The number of hydrogen-bond donors (Lipinski definition) is 0. The van der Waals surface area contributed by atoms with Crippen LogP contribution in [0.15, 0.2) is 28.7 Å². The van der Waals surface area contributed by atoms with Gasteiger partial charge in [-0.05, 0) is 39.2 Å². The normalized spacial score (nSPS) is 16.3. The van der Waals surface area contributed by atoms with Crippen LogP contribution in [0.1, 0.15) is 42.3 Å². The van der Waals surface area contributed by atoms with Crippen molar-refractivity contribution in [1.29, 1.82) is 0 Å². The third-order valence-corrected chi connectivity index (χ3v) is 4.33. The maximum atomic E-state index is 12.3. The number of benzene rings is 1. The highest BCUT2D eigenvalue weighted by molar-refractivity contribution is 5.97. The molecular formula is C18H21NO4. The zero-order valence-electron chi connectivity index (χ0n) is 13.5. The van der Waals surface area contributed by atoms with Crippen molar-refractivity contribution in [3.63, 3.8) is 0 Å². The number of carbonyl (C=O) groups is 2. The number of amides is 1. The van der Waals surface area contributed by atoms with E-state index in [1.807, 2.05) is 25.1 Å². The molecule has 1 aromatic carbocycles. The third-order valence-electron chi connectivity index (χ3n) is 4.33. The van der Waals surface area contributed by atoms with Gasteiger partial charge in [-0.1, -0.05) is 18.2 Å². The standard InChI is InChI=1S/C18H21NO4/c1-12-14-8-4-5-9-15(14)23-16(12)18(21)22-13(2)17(20)19-10-6-3-7-11-19/h4-5,8-9,13H,3,6-7,10-11H2,1-2H3/t13-/m0/s1. The maximum Gasteiger partial charge on any atom is 0.375 e. The SMILES string of the molecule is Cc1c(C(=O)O[C@@H](C)C(=O)N2CCCCC2)oc2ccccc12. The second kappa shape index (κ2) is 6.44. The highest BCUT2D eigenvalue weighted by Gasteiger charge is 2.27. The number of para-hydroxylation sites is 1. The molecule has 0 bridgehead atoms. The van der Waals surface area contributed by atoms with Crippen LogP contribution < -0.4 is 0 Å². The summed E-state index contributed by atoms with van der Waals surface area (Å²) in [6.45, 7) is 4.92. The largest absolute Gasteiger partial charge is 0.449 e. The lowest BCUT2D eigenvalue weighted by Gasteiger charge is -2.28. The molecule has 5 heteroatoms. The van der Waals surface area contributed by atoms with E-state index in [1.54, 1.807) is 17.9 Å². The van der Waals surface area contributed by atoms with E-state index in [9.17, 15) is 9.59 Å². The summed E-state index contributed by atoms with van der Waals surface area (Å²) < 4.78 is 10.9. The molecule has 0 aliphatic carbocycles. The number of carbonyl (C=O) groups excluding carboxylic acids is 2. The van der Waals surface area contributed by atoms with Gasteiger partial charge in [0, 0.05) is 24.0 Å². The fraction of sp³-hybridized carbons (Fsp3) is 0.444. The van der Waals surface area contributed by atoms with Crippen LogP contribution in [-0.4, -0.2) is 36.0 Å². The van der Waals surface area contributed by atoms with Crippen molar-refractivity contribution in [3.05, 3.63) is 35.6 Å². The first-order chi connectivity index (χ1) is 11.1. The Morgan fingerprint density at radius 1 is 1.17 bits per heavy atom. The Hall–Kier alpha value is -2.30. The summed E-state index contributed by atoms with van der Waals surface area (Å²) in [6.07, 6.45) is 2.37. The van der Waals surface area contributed by atoms with E-state index in [4.69, 9.17) is 9.15 Å². The predicted octanol–water partition coefficient (Wildman–Crippen LogP) is 3.30. The number of nitrogens with zero attached hydrogens (tertiary/aromatic N) is 1. The molecule has 122 valence electrons. The Bertz CT molecular complexity index is 728. The summed E-state index contributed by atoms with van der Waals surface area (Å²) in [7, 11) is 0. The lowest BCUT2D eigenvalue weighted by molar-refractivity contribution is -0.140. The van der Waals surface area contributed by atoms with Crippen LogP contribution in [0.5, 0.6) is 0 Å². The molecule has 2 heterocycles. The highest BCUT2D eigenvalue weighted by atomic mass is 16.6. The monoisotopic (exact) mass is 315 g/mol. The second-order valence-corrected chi connectivity index (χ2v) is 5.99. The number of piperidine rings is 1. The minimum absolute atomic E-state index is 0.133. The molecule has 1 saturated heterocycles. The number of likely N-dealkylation sites (tertiary alicyclic amines) is 1. The minimum atomic E-state index is -0.798. The Morgan fingerprint density at radius 2 is 1.87 bits per heavy atom. The van der Waals surface area contributed by atoms with E-state index in [2.05, 4.69) is 0 Å². The Labute approximate surface area is 135 Å². The number of ether oxygens (including phenoxy) is 1. The number of hydrogen-bond acceptors (Lipinski definition) is 4. The van der Waals surface area contributed by atoms with Crippen LogP contribution in [0.25, 0.3) is 11.0 Å². The summed E-state index contributed by atoms with van der Waals surface area (Å²) in [6, 6.07) is 7.44. The van der Waals surface area contributed by atoms with Crippen molar-refractivity contribution in [2.75, 3.05) is 13.1 Å². The van der Waals surface area contributed by atoms with Crippen LogP contribution in [0.4, 0.5) is 0 Å². The van der Waals surface area contributed by atoms with Crippen molar-refractivity contribution in [2.24, 2.45) is 0 Å². The molecule has 1 amide bonds. The van der Waals surface area contributed by atoms with Crippen molar-refractivity contribution in [3.8, 4) is 0 Å². The zero-order chi connectivity index (χ0) is 16.4. The molecule has 2 aromatic rings.